The molecule has 1 N–H and O–H groups in total. The van der Waals surface area contributed by atoms with E-state index in [4.69, 9.17) is 0 Å². The third kappa shape index (κ3) is 3.48. The van der Waals surface area contributed by atoms with E-state index in [9.17, 15) is 0 Å². The molecule has 0 aliphatic rings. The number of aromatic nitrogens is 2. The van der Waals surface area contributed by atoms with Gasteiger partial charge < -0.3 is 5.32 Å². The fraction of sp³-hybridized carbons (Fsp3) is 0.286. The van der Waals surface area contributed by atoms with Crippen LogP contribution in [0.25, 0.3) is 0 Å². The Morgan fingerprint density at radius 2 is 1.95 bits per heavy atom. The van der Waals surface area contributed by atoms with Gasteiger partial charge in [-0.05, 0) is 41.4 Å². The zero-order valence-electron chi connectivity index (χ0n) is 11.2. The van der Waals surface area contributed by atoms with Crippen LogP contribution in [0.3, 0.4) is 0 Å². The lowest BCUT2D eigenvalue weighted by atomic mass is 10.2. The molecule has 0 amide bonds. The van der Waals surface area contributed by atoms with Crippen molar-refractivity contribution >= 4 is 33.5 Å². The molecule has 19 heavy (non-hydrogen) atoms. The molecular weight excluding hydrogens is 322 g/mol. The normalized spacial score (nSPS) is 10.5. The van der Waals surface area contributed by atoms with E-state index in [1.54, 1.807) is 11.8 Å². The van der Waals surface area contributed by atoms with Gasteiger partial charge in [-0.1, -0.05) is 18.2 Å². The number of rotatable bonds is 4. The Bertz CT molecular complexity index is 587. The Morgan fingerprint density at radius 3 is 2.63 bits per heavy atom. The molecule has 2 rings (SSSR count). The van der Waals surface area contributed by atoms with Gasteiger partial charge in [0.1, 0.15) is 11.6 Å². The highest BCUT2D eigenvalue weighted by Crippen LogP contribution is 2.27. The lowest BCUT2D eigenvalue weighted by Gasteiger charge is -2.09. The van der Waals surface area contributed by atoms with Crippen LogP contribution in [0, 0.1) is 13.8 Å². The average Bonchev–Trinajstić information content (AvgIpc) is 2.41. The second-order valence-electron chi connectivity index (χ2n) is 4.19. The number of nitrogens with one attached hydrogen (secondary N) is 1. The Hall–Kier alpha value is -1.07. The van der Waals surface area contributed by atoms with Crippen LogP contribution in [-0.4, -0.2) is 17.0 Å². The van der Waals surface area contributed by atoms with Crippen LogP contribution in [0.2, 0.25) is 0 Å². The molecule has 1 heterocycles. The first-order valence-electron chi connectivity index (χ1n) is 6.01. The van der Waals surface area contributed by atoms with Crippen LogP contribution in [-0.2, 0) is 5.75 Å². The van der Waals surface area contributed by atoms with E-state index in [2.05, 4.69) is 62.4 Å². The van der Waals surface area contributed by atoms with Crippen molar-refractivity contribution in [2.45, 2.75) is 24.5 Å². The molecule has 1 aromatic heterocycles. The lowest BCUT2D eigenvalue weighted by molar-refractivity contribution is 0.985. The average molecular weight is 338 g/mol. The molecule has 0 radical (unpaired) electrons. The van der Waals surface area contributed by atoms with Crippen LogP contribution in [0.15, 0.2) is 33.6 Å². The highest BCUT2D eigenvalue weighted by molar-refractivity contribution is 9.10. The summed E-state index contributed by atoms with van der Waals surface area (Å²) in [5.74, 6) is 2.46. The van der Waals surface area contributed by atoms with Gasteiger partial charge in [-0.2, -0.15) is 0 Å². The molecular formula is C14H16BrN3S. The van der Waals surface area contributed by atoms with Gasteiger partial charge in [0.2, 0.25) is 0 Å². The summed E-state index contributed by atoms with van der Waals surface area (Å²) in [5, 5.41) is 3.08. The highest BCUT2D eigenvalue weighted by atomic mass is 79.9. The maximum Gasteiger partial charge on any atom is 0.144 e. The number of thioether (sulfide) groups is 1. The van der Waals surface area contributed by atoms with E-state index in [0.29, 0.717) is 0 Å². The summed E-state index contributed by atoms with van der Waals surface area (Å²) >= 11 is 5.25. The third-order valence-corrected chi connectivity index (χ3v) is 4.87. The first kappa shape index (κ1) is 14.3. The fourth-order valence-corrected chi connectivity index (χ4v) is 2.97. The number of halogens is 1. The van der Waals surface area contributed by atoms with E-state index in [1.807, 2.05) is 14.0 Å². The predicted molar refractivity (Wildman–Crippen MR) is 84.8 cm³/mol. The molecule has 0 unspecified atom stereocenters. The predicted octanol–water partition coefficient (Wildman–Crippen LogP) is 4.19. The van der Waals surface area contributed by atoms with Gasteiger partial charge in [-0.25, -0.2) is 9.97 Å². The summed E-state index contributed by atoms with van der Waals surface area (Å²) in [7, 11) is 1.87. The molecule has 0 saturated heterocycles. The van der Waals surface area contributed by atoms with Crippen molar-refractivity contribution in [2.75, 3.05) is 12.4 Å². The van der Waals surface area contributed by atoms with E-state index in [1.165, 1.54) is 10.5 Å². The SMILES string of the molecule is CNc1nc(CSc2ccccc2C)nc(C)c1Br. The first-order valence-corrected chi connectivity index (χ1v) is 7.79. The Morgan fingerprint density at radius 1 is 1.21 bits per heavy atom. The summed E-state index contributed by atoms with van der Waals surface area (Å²) in [6.45, 7) is 4.10. The Kier molecular flexibility index (Phi) is 4.82. The fourth-order valence-electron chi connectivity index (χ4n) is 1.71. The summed E-state index contributed by atoms with van der Waals surface area (Å²) in [6.07, 6.45) is 0. The van der Waals surface area contributed by atoms with Crippen molar-refractivity contribution in [1.29, 1.82) is 0 Å². The number of benzene rings is 1. The van der Waals surface area contributed by atoms with Crippen molar-refractivity contribution in [3.63, 3.8) is 0 Å². The third-order valence-electron chi connectivity index (χ3n) is 2.75. The maximum atomic E-state index is 4.51. The van der Waals surface area contributed by atoms with Gasteiger partial charge >= 0.3 is 0 Å². The van der Waals surface area contributed by atoms with Crippen LogP contribution in [0.1, 0.15) is 17.1 Å². The van der Waals surface area contributed by atoms with Crippen molar-refractivity contribution in [2.24, 2.45) is 0 Å². The van der Waals surface area contributed by atoms with Gasteiger partial charge in [-0.3, -0.25) is 0 Å². The standard InChI is InChI=1S/C14H16BrN3S/c1-9-6-4-5-7-11(9)19-8-12-17-10(2)13(15)14(16-3)18-12/h4-7H,8H2,1-3H3,(H,16,17,18). The molecule has 100 valence electrons. The molecule has 0 atom stereocenters. The molecule has 3 nitrogen and oxygen atoms in total. The largest absolute Gasteiger partial charge is 0.372 e. The minimum absolute atomic E-state index is 0.771. The maximum absolute atomic E-state index is 4.51. The Balaban J connectivity index is 2.16. The molecule has 5 heteroatoms. The molecule has 0 bridgehead atoms. The minimum atomic E-state index is 0.771. The topological polar surface area (TPSA) is 37.8 Å². The molecule has 1 aromatic carbocycles. The van der Waals surface area contributed by atoms with Crippen LogP contribution < -0.4 is 5.32 Å². The summed E-state index contributed by atoms with van der Waals surface area (Å²) in [6, 6.07) is 8.36. The van der Waals surface area contributed by atoms with Crippen molar-refractivity contribution in [3.05, 3.63) is 45.8 Å². The van der Waals surface area contributed by atoms with Gasteiger partial charge in [0, 0.05) is 11.9 Å². The zero-order chi connectivity index (χ0) is 13.8. The van der Waals surface area contributed by atoms with E-state index in [0.717, 1.165) is 27.6 Å². The zero-order valence-corrected chi connectivity index (χ0v) is 13.6. The number of nitrogens with zero attached hydrogens (tertiary/aromatic N) is 2. The molecule has 0 aliphatic heterocycles. The smallest absolute Gasteiger partial charge is 0.144 e. The Labute approximate surface area is 126 Å². The van der Waals surface area contributed by atoms with Crippen molar-refractivity contribution in [1.82, 2.24) is 9.97 Å². The molecule has 0 saturated carbocycles. The van der Waals surface area contributed by atoms with Gasteiger partial charge in [0.15, 0.2) is 0 Å². The summed E-state index contributed by atoms with van der Waals surface area (Å²) < 4.78 is 0.930. The number of hydrogen-bond acceptors (Lipinski definition) is 4. The number of aryl methyl sites for hydroxylation is 2. The van der Waals surface area contributed by atoms with Crippen molar-refractivity contribution in [3.8, 4) is 0 Å². The lowest BCUT2D eigenvalue weighted by Crippen LogP contribution is -2.02. The van der Waals surface area contributed by atoms with Crippen LogP contribution in [0.4, 0.5) is 5.82 Å². The van der Waals surface area contributed by atoms with E-state index >= 15 is 0 Å². The number of hydrogen-bond donors (Lipinski definition) is 1. The monoisotopic (exact) mass is 337 g/mol. The summed E-state index contributed by atoms with van der Waals surface area (Å²) in [5.41, 5.74) is 2.25. The van der Waals surface area contributed by atoms with Crippen LogP contribution in [0.5, 0.6) is 0 Å². The second-order valence-corrected chi connectivity index (χ2v) is 6.00. The van der Waals surface area contributed by atoms with Gasteiger partial charge in [0.25, 0.3) is 0 Å². The highest BCUT2D eigenvalue weighted by Gasteiger charge is 2.08. The molecule has 2 aromatic rings. The molecule has 0 fully saturated rings. The van der Waals surface area contributed by atoms with Crippen LogP contribution >= 0.6 is 27.7 Å². The van der Waals surface area contributed by atoms with Gasteiger partial charge in [-0.15, -0.1) is 11.8 Å². The van der Waals surface area contributed by atoms with Crippen molar-refractivity contribution < 1.29 is 0 Å². The molecule has 0 spiro atoms. The summed E-state index contributed by atoms with van der Waals surface area (Å²) in [4.78, 5) is 10.3. The van der Waals surface area contributed by atoms with E-state index in [-0.39, 0.29) is 0 Å². The minimum Gasteiger partial charge on any atom is -0.372 e. The number of anilines is 1. The van der Waals surface area contributed by atoms with Gasteiger partial charge in [0.05, 0.1) is 15.9 Å². The molecule has 0 aliphatic carbocycles. The quantitative estimate of drug-likeness (QED) is 0.849. The first-order chi connectivity index (χ1) is 9.11. The second kappa shape index (κ2) is 6.39. The van der Waals surface area contributed by atoms with E-state index < -0.39 is 0 Å².